The maximum Gasteiger partial charge on any atom is 0.321 e. The molecule has 0 aliphatic carbocycles. The number of carbonyl (C=O) groups excluding carboxylic acids is 1. The normalized spacial score (nSPS) is 11.1. The van der Waals surface area contributed by atoms with Crippen LogP contribution in [-0.4, -0.2) is 32.5 Å². The van der Waals surface area contributed by atoms with Crippen LogP contribution in [0.1, 0.15) is 6.92 Å². The van der Waals surface area contributed by atoms with Gasteiger partial charge in [0.1, 0.15) is 6.54 Å². The van der Waals surface area contributed by atoms with E-state index in [2.05, 4.69) is 14.4 Å². The number of sulfonamides is 1. The average molecular weight is 320 g/mol. The summed E-state index contributed by atoms with van der Waals surface area (Å²) in [5.74, 6) is -0.613. The van der Waals surface area contributed by atoms with Crippen LogP contribution >= 0.6 is 0 Å². The largest absolute Gasteiger partial charge is 0.465 e. The summed E-state index contributed by atoms with van der Waals surface area (Å²) in [5, 5.41) is 0. The van der Waals surface area contributed by atoms with Crippen molar-refractivity contribution in [1.29, 1.82) is 0 Å². The monoisotopic (exact) mass is 320 g/mol. The molecule has 1 aromatic carbocycles. The van der Waals surface area contributed by atoms with Crippen molar-refractivity contribution in [3.63, 3.8) is 0 Å². The van der Waals surface area contributed by atoms with E-state index in [-0.39, 0.29) is 18.0 Å². The number of hydrogen-bond donors (Lipinski definition) is 1. The molecule has 1 heterocycles. The Bertz CT molecular complexity index is 728. The second-order valence-corrected chi connectivity index (χ2v) is 6.16. The van der Waals surface area contributed by atoms with Gasteiger partial charge in [0, 0.05) is 12.4 Å². The molecule has 2 rings (SSSR count). The summed E-state index contributed by atoms with van der Waals surface area (Å²) in [7, 11) is -3.74. The van der Waals surface area contributed by atoms with Crippen LogP contribution in [-0.2, 0) is 19.6 Å². The van der Waals surface area contributed by atoms with Crippen LogP contribution in [0.2, 0.25) is 0 Å². The molecule has 0 aliphatic heterocycles. The molecule has 0 atom stereocenters. The highest BCUT2D eigenvalue weighted by Crippen LogP contribution is 2.20. The lowest BCUT2D eigenvalue weighted by Gasteiger charge is -2.07. The van der Waals surface area contributed by atoms with Gasteiger partial charge in [-0.25, -0.2) is 8.42 Å². The van der Waals surface area contributed by atoms with Gasteiger partial charge in [-0.2, -0.15) is 4.72 Å². The van der Waals surface area contributed by atoms with E-state index in [1.54, 1.807) is 37.5 Å². The molecule has 0 aliphatic rings. The van der Waals surface area contributed by atoms with Crippen molar-refractivity contribution >= 4 is 16.0 Å². The highest BCUT2D eigenvalue weighted by Gasteiger charge is 2.15. The summed E-state index contributed by atoms with van der Waals surface area (Å²) in [6.07, 6.45) is 3.37. The summed E-state index contributed by atoms with van der Waals surface area (Å²) in [4.78, 5) is 15.3. The van der Waals surface area contributed by atoms with E-state index in [1.165, 1.54) is 12.1 Å². The first-order valence-electron chi connectivity index (χ1n) is 6.68. The van der Waals surface area contributed by atoms with Crippen LogP contribution in [0.5, 0.6) is 0 Å². The van der Waals surface area contributed by atoms with Crippen LogP contribution in [0, 0.1) is 0 Å². The van der Waals surface area contributed by atoms with Crippen molar-refractivity contribution in [1.82, 2.24) is 9.71 Å². The molecule has 0 amide bonds. The number of aromatic nitrogens is 1. The molecule has 1 N–H and O–H groups in total. The molecule has 22 heavy (non-hydrogen) atoms. The first kappa shape index (κ1) is 16.1. The van der Waals surface area contributed by atoms with Gasteiger partial charge in [0.2, 0.25) is 10.0 Å². The molecule has 0 radical (unpaired) electrons. The van der Waals surface area contributed by atoms with Gasteiger partial charge in [0.05, 0.1) is 11.5 Å². The average Bonchev–Trinajstić information content (AvgIpc) is 2.54. The van der Waals surface area contributed by atoms with Gasteiger partial charge in [0.25, 0.3) is 0 Å². The Morgan fingerprint density at radius 2 is 1.91 bits per heavy atom. The molecular weight excluding hydrogens is 304 g/mol. The molecule has 0 fully saturated rings. The third kappa shape index (κ3) is 4.12. The van der Waals surface area contributed by atoms with Gasteiger partial charge in [-0.3, -0.25) is 9.78 Å². The van der Waals surface area contributed by atoms with E-state index in [9.17, 15) is 13.2 Å². The zero-order chi connectivity index (χ0) is 16.0. The Kier molecular flexibility index (Phi) is 5.24. The second kappa shape index (κ2) is 7.15. The Balaban J connectivity index is 2.11. The number of benzene rings is 1. The fourth-order valence-corrected chi connectivity index (χ4v) is 2.78. The lowest BCUT2D eigenvalue weighted by molar-refractivity contribution is -0.141. The Morgan fingerprint density at radius 1 is 1.18 bits per heavy atom. The molecular formula is C15H16N2O4S. The predicted octanol–water partition coefficient (Wildman–Crippen LogP) is 1.59. The van der Waals surface area contributed by atoms with Crippen LogP contribution in [0.4, 0.5) is 0 Å². The fraction of sp³-hybridized carbons (Fsp3) is 0.200. The third-order valence-corrected chi connectivity index (χ3v) is 4.29. The van der Waals surface area contributed by atoms with Gasteiger partial charge in [-0.05, 0) is 36.2 Å². The highest BCUT2D eigenvalue weighted by molar-refractivity contribution is 7.89. The van der Waals surface area contributed by atoms with Crippen LogP contribution in [0.25, 0.3) is 11.1 Å². The highest BCUT2D eigenvalue weighted by atomic mass is 32.2. The summed E-state index contributed by atoms with van der Waals surface area (Å²) in [6, 6.07) is 10.0. The summed E-state index contributed by atoms with van der Waals surface area (Å²) in [6.45, 7) is 1.48. The first-order chi connectivity index (χ1) is 10.5. The molecule has 0 bridgehead atoms. The SMILES string of the molecule is CCOC(=O)CNS(=O)(=O)c1ccc(-c2cccnc2)cc1. The quantitative estimate of drug-likeness (QED) is 0.817. The third-order valence-electron chi connectivity index (χ3n) is 2.87. The summed E-state index contributed by atoms with van der Waals surface area (Å²) < 4.78 is 31.0. The molecule has 116 valence electrons. The van der Waals surface area contributed by atoms with E-state index in [0.717, 1.165) is 11.1 Å². The number of nitrogens with one attached hydrogen (secondary N) is 1. The number of rotatable bonds is 6. The molecule has 7 heteroatoms. The van der Waals surface area contributed by atoms with Crippen LogP contribution in [0.15, 0.2) is 53.7 Å². The number of ether oxygens (including phenoxy) is 1. The predicted molar refractivity (Wildman–Crippen MR) is 81.5 cm³/mol. The zero-order valence-electron chi connectivity index (χ0n) is 12.0. The van der Waals surface area contributed by atoms with Crippen LogP contribution < -0.4 is 4.72 Å². The van der Waals surface area contributed by atoms with Crippen molar-refractivity contribution in [2.24, 2.45) is 0 Å². The molecule has 0 unspecified atom stereocenters. The van der Waals surface area contributed by atoms with Gasteiger partial charge in [-0.1, -0.05) is 18.2 Å². The lowest BCUT2D eigenvalue weighted by atomic mass is 10.1. The number of pyridine rings is 1. The standard InChI is InChI=1S/C15H16N2O4S/c1-2-21-15(18)11-17-22(19,20)14-7-5-12(6-8-14)13-4-3-9-16-10-13/h3-10,17H,2,11H2,1H3. The van der Waals surface area contributed by atoms with Gasteiger partial charge in [0.15, 0.2) is 0 Å². The molecule has 2 aromatic rings. The summed E-state index contributed by atoms with van der Waals surface area (Å²) >= 11 is 0. The van der Waals surface area contributed by atoms with Gasteiger partial charge in [-0.15, -0.1) is 0 Å². The lowest BCUT2D eigenvalue weighted by Crippen LogP contribution is -2.30. The first-order valence-corrected chi connectivity index (χ1v) is 8.17. The molecule has 1 aromatic heterocycles. The van der Waals surface area contributed by atoms with E-state index in [1.807, 2.05) is 6.07 Å². The van der Waals surface area contributed by atoms with E-state index in [0.29, 0.717) is 0 Å². The minimum atomic E-state index is -3.74. The maximum atomic E-state index is 12.1. The van der Waals surface area contributed by atoms with Crippen molar-refractivity contribution in [3.05, 3.63) is 48.8 Å². The van der Waals surface area contributed by atoms with Crippen molar-refractivity contribution in [2.75, 3.05) is 13.2 Å². The maximum absolute atomic E-state index is 12.1. The number of esters is 1. The minimum Gasteiger partial charge on any atom is -0.465 e. The molecule has 0 spiro atoms. The number of hydrogen-bond acceptors (Lipinski definition) is 5. The van der Waals surface area contributed by atoms with Crippen LogP contribution in [0.3, 0.4) is 0 Å². The fourth-order valence-electron chi connectivity index (χ4n) is 1.81. The smallest absolute Gasteiger partial charge is 0.321 e. The number of carbonyl (C=O) groups is 1. The Morgan fingerprint density at radius 3 is 2.50 bits per heavy atom. The minimum absolute atomic E-state index is 0.0874. The van der Waals surface area contributed by atoms with Gasteiger partial charge >= 0.3 is 5.97 Å². The van der Waals surface area contributed by atoms with Crippen molar-refractivity contribution < 1.29 is 17.9 Å². The van der Waals surface area contributed by atoms with Gasteiger partial charge < -0.3 is 4.74 Å². The summed E-state index contributed by atoms with van der Waals surface area (Å²) in [5.41, 5.74) is 1.75. The van der Waals surface area contributed by atoms with Crippen molar-refractivity contribution in [3.8, 4) is 11.1 Å². The van der Waals surface area contributed by atoms with E-state index < -0.39 is 16.0 Å². The Labute approximate surface area is 129 Å². The molecule has 0 saturated heterocycles. The molecule has 0 saturated carbocycles. The Hall–Kier alpha value is -2.25. The second-order valence-electron chi connectivity index (χ2n) is 4.40. The number of nitrogens with zero attached hydrogens (tertiary/aromatic N) is 1. The van der Waals surface area contributed by atoms with Crippen molar-refractivity contribution in [2.45, 2.75) is 11.8 Å². The topological polar surface area (TPSA) is 85.4 Å². The van der Waals surface area contributed by atoms with E-state index >= 15 is 0 Å². The molecule has 6 nitrogen and oxygen atoms in total. The zero-order valence-corrected chi connectivity index (χ0v) is 12.8. The van der Waals surface area contributed by atoms with E-state index in [4.69, 9.17) is 0 Å².